The molecule has 0 aromatic heterocycles. The zero-order valence-corrected chi connectivity index (χ0v) is 11.6. The number of nitrogens with zero attached hydrogens (tertiary/aromatic N) is 1. The second kappa shape index (κ2) is 5.72. The fourth-order valence-electron chi connectivity index (χ4n) is 2.81. The lowest BCUT2D eigenvalue weighted by atomic mass is 10.0. The molecular formula is C15H24N2O. The molecule has 100 valence electrons. The Morgan fingerprint density at radius 2 is 2.22 bits per heavy atom. The summed E-state index contributed by atoms with van der Waals surface area (Å²) in [5.74, 6) is 0. The fraction of sp³-hybridized carbons (Fsp3) is 0.600. The van der Waals surface area contributed by atoms with E-state index < -0.39 is 0 Å². The summed E-state index contributed by atoms with van der Waals surface area (Å²) in [5.41, 5.74) is 4.01. The maximum absolute atomic E-state index is 9.58. The number of aliphatic hydroxyl groups excluding tert-OH is 1. The number of anilines is 1. The van der Waals surface area contributed by atoms with Gasteiger partial charge in [-0.25, -0.2) is 0 Å². The summed E-state index contributed by atoms with van der Waals surface area (Å²) in [5, 5.41) is 13.0. The second-order valence-corrected chi connectivity index (χ2v) is 5.23. The Labute approximate surface area is 110 Å². The first-order chi connectivity index (χ1) is 8.67. The van der Waals surface area contributed by atoms with E-state index in [9.17, 15) is 5.11 Å². The molecule has 1 heterocycles. The van der Waals surface area contributed by atoms with E-state index in [4.69, 9.17) is 0 Å². The molecule has 0 bridgehead atoms. The molecule has 3 heteroatoms. The normalized spacial score (nSPS) is 24.3. The summed E-state index contributed by atoms with van der Waals surface area (Å²) in [6.07, 6.45) is 1.04. The van der Waals surface area contributed by atoms with Crippen LogP contribution in [0.1, 0.15) is 25.0 Å². The maximum atomic E-state index is 9.58. The molecule has 1 aliphatic heterocycles. The van der Waals surface area contributed by atoms with Crippen molar-refractivity contribution in [2.24, 2.45) is 0 Å². The molecule has 0 aliphatic carbocycles. The quantitative estimate of drug-likeness (QED) is 0.855. The largest absolute Gasteiger partial charge is 0.394 e. The van der Waals surface area contributed by atoms with E-state index in [1.165, 1.54) is 16.8 Å². The first-order valence-corrected chi connectivity index (χ1v) is 6.86. The number of aryl methyl sites for hydroxylation is 2. The summed E-state index contributed by atoms with van der Waals surface area (Å²) in [7, 11) is 0. The first kappa shape index (κ1) is 13.4. The number of piperazine rings is 1. The standard InChI is InChI=1S/C15H24N2O/c1-4-13-7-5-6-11(2)15(13)17-9-12(3)16-8-14(17)10-18/h5-7,12,14,16,18H,4,8-10H2,1-3H3. The summed E-state index contributed by atoms with van der Waals surface area (Å²) in [4.78, 5) is 2.38. The van der Waals surface area contributed by atoms with Crippen LogP contribution in [0.5, 0.6) is 0 Å². The minimum Gasteiger partial charge on any atom is -0.394 e. The molecule has 18 heavy (non-hydrogen) atoms. The van der Waals surface area contributed by atoms with Crippen molar-refractivity contribution >= 4 is 5.69 Å². The van der Waals surface area contributed by atoms with Gasteiger partial charge in [-0.3, -0.25) is 0 Å². The predicted octanol–water partition coefficient (Wildman–Crippen LogP) is 1.72. The molecule has 0 radical (unpaired) electrons. The average molecular weight is 248 g/mol. The van der Waals surface area contributed by atoms with Crippen molar-refractivity contribution in [1.29, 1.82) is 0 Å². The Balaban J connectivity index is 2.38. The summed E-state index contributed by atoms with van der Waals surface area (Å²) in [6.45, 7) is 8.58. The molecule has 0 amide bonds. The molecular weight excluding hydrogens is 224 g/mol. The van der Waals surface area contributed by atoms with Crippen LogP contribution in [0.2, 0.25) is 0 Å². The van der Waals surface area contributed by atoms with Gasteiger partial charge in [0.2, 0.25) is 0 Å². The number of benzene rings is 1. The van der Waals surface area contributed by atoms with Crippen molar-refractivity contribution in [3.05, 3.63) is 29.3 Å². The highest BCUT2D eigenvalue weighted by Gasteiger charge is 2.27. The van der Waals surface area contributed by atoms with Gasteiger partial charge in [-0.2, -0.15) is 0 Å². The van der Waals surface area contributed by atoms with Crippen LogP contribution in [-0.4, -0.2) is 36.9 Å². The number of rotatable bonds is 3. The third kappa shape index (κ3) is 2.52. The zero-order valence-electron chi connectivity index (χ0n) is 11.6. The van der Waals surface area contributed by atoms with Gasteiger partial charge in [0.05, 0.1) is 12.6 Å². The molecule has 1 saturated heterocycles. The van der Waals surface area contributed by atoms with Crippen LogP contribution in [0, 0.1) is 6.92 Å². The lowest BCUT2D eigenvalue weighted by Gasteiger charge is -2.41. The van der Waals surface area contributed by atoms with Gasteiger partial charge >= 0.3 is 0 Å². The highest BCUT2D eigenvalue weighted by molar-refractivity contribution is 5.60. The van der Waals surface area contributed by atoms with Crippen molar-refractivity contribution in [3.63, 3.8) is 0 Å². The summed E-state index contributed by atoms with van der Waals surface area (Å²) in [6, 6.07) is 7.14. The molecule has 2 atom stereocenters. The van der Waals surface area contributed by atoms with Crippen LogP contribution in [0.4, 0.5) is 5.69 Å². The molecule has 0 saturated carbocycles. The number of aliphatic hydroxyl groups is 1. The van der Waals surface area contributed by atoms with Crippen LogP contribution in [0.15, 0.2) is 18.2 Å². The van der Waals surface area contributed by atoms with Crippen LogP contribution in [-0.2, 0) is 6.42 Å². The predicted molar refractivity (Wildman–Crippen MR) is 76.2 cm³/mol. The van der Waals surface area contributed by atoms with Crippen molar-refractivity contribution in [2.45, 2.75) is 39.3 Å². The van der Waals surface area contributed by atoms with E-state index in [0.29, 0.717) is 6.04 Å². The SMILES string of the molecule is CCc1cccc(C)c1N1CC(C)NCC1CO. The van der Waals surface area contributed by atoms with E-state index in [-0.39, 0.29) is 12.6 Å². The van der Waals surface area contributed by atoms with Crippen LogP contribution >= 0.6 is 0 Å². The number of hydrogen-bond acceptors (Lipinski definition) is 3. The molecule has 0 spiro atoms. The average Bonchev–Trinajstić information content (AvgIpc) is 2.38. The van der Waals surface area contributed by atoms with Crippen LogP contribution in [0.3, 0.4) is 0 Å². The molecule has 1 aromatic carbocycles. The van der Waals surface area contributed by atoms with Crippen molar-refractivity contribution < 1.29 is 5.11 Å². The maximum Gasteiger partial charge on any atom is 0.0647 e. The lowest BCUT2D eigenvalue weighted by molar-refractivity contribution is 0.237. The molecule has 3 nitrogen and oxygen atoms in total. The molecule has 2 unspecified atom stereocenters. The third-order valence-electron chi connectivity index (χ3n) is 3.81. The highest BCUT2D eigenvalue weighted by Crippen LogP contribution is 2.28. The Bertz CT molecular complexity index is 405. The van der Waals surface area contributed by atoms with E-state index in [1.54, 1.807) is 0 Å². The zero-order chi connectivity index (χ0) is 13.1. The number of nitrogens with one attached hydrogen (secondary N) is 1. The fourth-order valence-corrected chi connectivity index (χ4v) is 2.81. The minimum atomic E-state index is 0.188. The van der Waals surface area contributed by atoms with Crippen LogP contribution < -0.4 is 10.2 Å². The minimum absolute atomic E-state index is 0.188. The lowest BCUT2D eigenvalue weighted by Crippen LogP contribution is -2.57. The van der Waals surface area contributed by atoms with Gasteiger partial charge in [0, 0.05) is 24.8 Å². The molecule has 2 N–H and O–H groups in total. The highest BCUT2D eigenvalue weighted by atomic mass is 16.3. The van der Waals surface area contributed by atoms with Crippen LogP contribution in [0.25, 0.3) is 0 Å². The van der Waals surface area contributed by atoms with Crippen molar-refractivity contribution in [2.75, 3.05) is 24.6 Å². The number of hydrogen-bond donors (Lipinski definition) is 2. The van der Waals surface area contributed by atoms with Crippen molar-refractivity contribution in [1.82, 2.24) is 5.32 Å². The first-order valence-electron chi connectivity index (χ1n) is 6.86. The Hall–Kier alpha value is -1.06. The van der Waals surface area contributed by atoms with Gasteiger partial charge in [0.15, 0.2) is 0 Å². The van der Waals surface area contributed by atoms with E-state index >= 15 is 0 Å². The number of para-hydroxylation sites is 1. The van der Waals surface area contributed by atoms with Gasteiger partial charge in [0.1, 0.15) is 0 Å². The molecule has 1 aromatic rings. The van der Waals surface area contributed by atoms with E-state index in [0.717, 1.165) is 19.5 Å². The summed E-state index contributed by atoms with van der Waals surface area (Å²) >= 11 is 0. The Kier molecular flexibility index (Phi) is 4.25. The summed E-state index contributed by atoms with van der Waals surface area (Å²) < 4.78 is 0. The topological polar surface area (TPSA) is 35.5 Å². The third-order valence-corrected chi connectivity index (χ3v) is 3.81. The Morgan fingerprint density at radius 3 is 2.89 bits per heavy atom. The van der Waals surface area contributed by atoms with Gasteiger partial charge in [-0.15, -0.1) is 0 Å². The molecule has 1 aliphatic rings. The van der Waals surface area contributed by atoms with Gasteiger partial charge < -0.3 is 15.3 Å². The van der Waals surface area contributed by atoms with Gasteiger partial charge in [-0.05, 0) is 31.4 Å². The second-order valence-electron chi connectivity index (χ2n) is 5.23. The van der Waals surface area contributed by atoms with Crippen molar-refractivity contribution in [3.8, 4) is 0 Å². The molecule has 1 fully saturated rings. The van der Waals surface area contributed by atoms with E-state index in [1.807, 2.05) is 0 Å². The smallest absolute Gasteiger partial charge is 0.0647 e. The molecule has 2 rings (SSSR count). The Morgan fingerprint density at radius 1 is 1.44 bits per heavy atom. The monoisotopic (exact) mass is 248 g/mol. The van der Waals surface area contributed by atoms with Gasteiger partial charge in [-0.1, -0.05) is 25.1 Å². The van der Waals surface area contributed by atoms with Gasteiger partial charge in [0.25, 0.3) is 0 Å². The van der Waals surface area contributed by atoms with E-state index in [2.05, 4.69) is 49.2 Å².